The van der Waals surface area contributed by atoms with Crippen molar-refractivity contribution < 1.29 is 56.9 Å². The summed E-state index contributed by atoms with van der Waals surface area (Å²) in [6, 6.07) is 0. The van der Waals surface area contributed by atoms with E-state index in [0.717, 1.165) is 12.7 Å². The van der Waals surface area contributed by atoms with Crippen molar-refractivity contribution in [2.75, 3.05) is 31.0 Å². The van der Waals surface area contributed by atoms with Crippen LogP contribution < -0.4 is 17.0 Å². The number of aromatic amines is 1. The van der Waals surface area contributed by atoms with Gasteiger partial charge in [0.05, 0.1) is 25.9 Å². The van der Waals surface area contributed by atoms with E-state index >= 15 is 0 Å². The van der Waals surface area contributed by atoms with E-state index in [0.29, 0.717) is 0 Å². The number of hydrogen-bond donors (Lipinski definition) is 7. The second kappa shape index (κ2) is 11.4. The Morgan fingerprint density at radius 1 is 0.870 bits per heavy atom. The Kier molecular flexibility index (Phi) is 7.70. The third-order valence-electron chi connectivity index (χ3n) is 7.54. The van der Waals surface area contributed by atoms with E-state index in [1.54, 1.807) is 0 Å². The highest BCUT2D eigenvalue weighted by Crippen LogP contribution is 2.51. The molecule has 7 rings (SSSR count). The van der Waals surface area contributed by atoms with Gasteiger partial charge in [-0.1, -0.05) is 0 Å². The summed E-state index contributed by atoms with van der Waals surface area (Å²) in [5.41, 5.74) is 11.0. The minimum absolute atomic E-state index is 0.0418. The second-order valence-corrected chi connectivity index (χ2v) is 13.7. The number of nitrogens with zero attached hydrogens (tertiary/aromatic N) is 7. The third-order valence-corrected chi connectivity index (χ3v) is 9.55. The number of nitrogens with one attached hydrogen (secondary N) is 1. The molecule has 248 valence electrons. The van der Waals surface area contributed by atoms with E-state index in [4.69, 9.17) is 39.2 Å². The van der Waals surface area contributed by atoms with Crippen LogP contribution in [0.4, 0.5) is 11.8 Å². The lowest BCUT2D eigenvalue weighted by molar-refractivity contribution is -0.0649. The maximum atomic E-state index is 13.1. The second-order valence-electron chi connectivity index (χ2n) is 10.5. The number of aromatic nitrogens is 8. The van der Waals surface area contributed by atoms with Gasteiger partial charge in [0.2, 0.25) is 5.95 Å². The molecule has 0 amide bonds. The van der Waals surface area contributed by atoms with Crippen LogP contribution in [0, 0.1) is 0 Å². The average molecular weight is 688 g/mol. The SMILES string of the molecule is Nc1nc2c(ncn2[C@@H]2O[C@@H]3COP(=O)(O)O[C@H]4[C@@H](O)[C@H](n5cnc6c(N)ncnc65)O[C@@H]4COP(=O)(O)CO[C@@H]2[C@@H]3O)c(=O)[nH]1. The maximum Gasteiger partial charge on any atom is 0.472 e. The summed E-state index contributed by atoms with van der Waals surface area (Å²) < 4.78 is 61.7. The molecular weight excluding hydrogens is 662 g/mol. The molecule has 0 aliphatic carbocycles. The number of aliphatic hydroxyl groups is 2. The Morgan fingerprint density at radius 2 is 1.57 bits per heavy atom. The van der Waals surface area contributed by atoms with E-state index < -0.39 is 89.6 Å². The first-order valence-corrected chi connectivity index (χ1v) is 16.6. The molecular formula is C21H26N10O13P2. The minimum atomic E-state index is -5.08. The number of H-pyrrole nitrogens is 1. The highest BCUT2D eigenvalue weighted by atomic mass is 31.2. The summed E-state index contributed by atoms with van der Waals surface area (Å²) in [7, 11) is -9.73. The lowest BCUT2D eigenvalue weighted by Gasteiger charge is -2.26. The molecule has 0 aromatic carbocycles. The Balaban J connectivity index is 1.18. The topological polar surface area (TPSA) is 330 Å². The zero-order chi connectivity index (χ0) is 32.5. The normalized spacial score (nSPS) is 37.4. The number of ether oxygens (including phenoxy) is 3. The summed E-state index contributed by atoms with van der Waals surface area (Å²) in [5, 5.41) is 22.2. The fraction of sp³-hybridized carbons (Fsp3) is 0.524. The fourth-order valence-corrected chi connectivity index (χ4v) is 7.20. The number of aliphatic hydroxyl groups excluding tert-OH is 2. The number of anilines is 2. The van der Waals surface area contributed by atoms with E-state index in [9.17, 15) is 33.9 Å². The summed E-state index contributed by atoms with van der Waals surface area (Å²) in [4.78, 5) is 55.9. The van der Waals surface area contributed by atoms with Crippen LogP contribution in [-0.4, -0.2) is 115 Å². The van der Waals surface area contributed by atoms with Crippen molar-refractivity contribution in [1.29, 1.82) is 0 Å². The van der Waals surface area contributed by atoms with Crippen molar-refractivity contribution >= 4 is 49.5 Å². The number of nitrogens with two attached hydrogens (primary N) is 2. The van der Waals surface area contributed by atoms with Crippen LogP contribution in [0.15, 0.2) is 23.8 Å². The van der Waals surface area contributed by atoms with Gasteiger partial charge in [0.25, 0.3) is 5.56 Å². The van der Waals surface area contributed by atoms with Crippen LogP contribution in [0.25, 0.3) is 22.3 Å². The minimum Gasteiger partial charge on any atom is -0.387 e. The van der Waals surface area contributed by atoms with Crippen molar-refractivity contribution in [2.45, 2.75) is 49.1 Å². The largest absolute Gasteiger partial charge is 0.472 e. The van der Waals surface area contributed by atoms with Crippen LogP contribution in [0.3, 0.4) is 0 Å². The van der Waals surface area contributed by atoms with Gasteiger partial charge in [-0.3, -0.25) is 32.5 Å². The lowest BCUT2D eigenvalue weighted by atomic mass is 10.1. The standard InChI is InChI=1S/C21H26N10O13P2/c22-15-9-16(25-3-24-15)30(4-26-9)19-12(33)13-8(43-19)2-40-45(35,36)6-39-14-11(32)7(1-41-46(37,38)44-13)42-20(14)31-5-27-10-17(31)28-21(23)29-18(10)34/h3-5,7-8,11-14,19-20,32-33H,1-2,6H2,(H,35,36)(H,37,38)(H2,22,24,25)(H3,23,28,29,34)/t7-,8-,11-,12-,13-,14-,19-,20-/m1/s1. The fourth-order valence-electron chi connectivity index (χ4n) is 5.42. The Hall–Kier alpha value is -3.44. The van der Waals surface area contributed by atoms with Gasteiger partial charge >= 0.3 is 15.4 Å². The van der Waals surface area contributed by atoms with Gasteiger partial charge in [-0.25, -0.2) is 24.5 Å². The van der Waals surface area contributed by atoms with Gasteiger partial charge in [-0.2, -0.15) is 4.98 Å². The third kappa shape index (κ3) is 5.49. The molecule has 25 heteroatoms. The molecule has 46 heavy (non-hydrogen) atoms. The molecule has 3 saturated heterocycles. The van der Waals surface area contributed by atoms with Gasteiger partial charge < -0.3 is 50.2 Å². The molecule has 3 aliphatic rings. The van der Waals surface area contributed by atoms with Crippen LogP contribution in [0.1, 0.15) is 12.5 Å². The van der Waals surface area contributed by atoms with Crippen molar-refractivity contribution in [3.05, 3.63) is 29.3 Å². The number of phosphoric acid groups is 1. The van der Waals surface area contributed by atoms with E-state index in [1.807, 2.05) is 0 Å². The van der Waals surface area contributed by atoms with Gasteiger partial charge in [-0.05, 0) is 0 Å². The molecule has 7 heterocycles. The molecule has 3 fully saturated rings. The van der Waals surface area contributed by atoms with Crippen LogP contribution >= 0.6 is 15.4 Å². The van der Waals surface area contributed by atoms with Gasteiger partial charge in [0.1, 0.15) is 54.8 Å². The highest BCUT2D eigenvalue weighted by molar-refractivity contribution is 7.52. The molecule has 2 bridgehead atoms. The molecule has 2 unspecified atom stereocenters. The number of fused-ring (bicyclic) bond motifs is 5. The Morgan fingerprint density at radius 3 is 2.35 bits per heavy atom. The summed E-state index contributed by atoms with van der Waals surface area (Å²) in [6.45, 7) is -1.51. The molecule has 4 aromatic heterocycles. The number of rotatable bonds is 2. The molecule has 3 aliphatic heterocycles. The molecule has 4 aromatic rings. The molecule has 0 saturated carbocycles. The number of nitrogen functional groups attached to an aromatic ring is 2. The zero-order valence-electron chi connectivity index (χ0n) is 23.1. The first-order valence-electron chi connectivity index (χ1n) is 13.4. The van der Waals surface area contributed by atoms with Crippen LogP contribution in [0.2, 0.25) is 0 Å². The first kappa shape index (κ1) is 31.2. The van der Waals surface area contributed by atoms with Crippen LogP contribution in [0.5, 0.6) is 0 Å². The van der Waals surface area contributed by atoms with E-state index in [1.165, 1.54) is 15.5 Å². The van der Waals surface area contributed by atoms with Crippen molar-refractivity contribution in [3.8, 4) is 0 Å². The van der Waals surface area contributed by atoms with Gasteiger partial charge in [0, 0.05) is 0 Å². The molecule has 10 atom stereocenters. The quantitative estimate of drug-likeness (QED) is 0.109. The number of imidazole rings is 2. The van der Waals surface area contributed by atoms with Gasteiger partial charge in [0.15, 0.2) is 35.1 Å². The van der Waals surface area contributed by atoms with E-state index in [2.05, 4.69) is 29.9 Å². The Bertz CT molecular complexity index is 1950. The molecule has 0 spiro atoms. The lowest BCUT2D eigenvalue weighted by Crippen LogP contribution is -2.38. The zero-order valence-corrected chi connectivity index (χ0v) is 24.9. The maximum absolute atomic E-state index is 13.1. The van der Waals surface area contributed by atoms with Crippen molar-refractivity contribution in [3.63, 3.8) is 0 Å². The van der Waals surface area contributed by atoms with E-state index in [-0.39, 0.29) is 34.1 Å². The predicted octanol–water partition coefficient (Wildman–Crippen LogP) is -2.30. The van der Waals surface area contributed by atoms with Crippen molar-refractivity contribution in [2.24, 2.45) is 0 Å². The first-order chi connectivity index (χ1) is 21.8. The molecule has 23 nitrogen and oxygen atoms in total. The number of hydrogen-bond acceptors (Lipinski definition) is 18. The summed E-state index contributed by atoms with van der Waals surface area (Å²) >= 11 is 0. The molecule has 9 N–H and O–H groups in total. The summed E-state index contributed by atoms with van der Waals surface area (Å²) in [6.07, 6.45) is -9.38. The number of phosphoric ester groups is 1. The predicted molar refractivity (Wildman–Crippen MR) is 148 cm³/mol. The average Bonchev–Trinajstić information content (AvgIpc) is 3.75. The van der Waals surface area contributed by atoms with Crippen molar-refractivity contribution in [1.82, 2.24) is 39.0 Å². The molecule has 0 radical (unpaired) electrons. The van der Waals surface area contributed by atoms with Gasteiger partial charge in [-0.15, -0.1) is 0 Å². The summed E-state index contributed by atoms with van der Waals surface area (Å²) in [5.74, 6) is -0.212. The smallest absolute Gasteiger partial charge is 0.387 e. The monoisotopic (exact) mass is 688 g/mol. The Labute approximate surface area is 255 Å². The van der Waals surface area contributed by atoms with Crippen LogP contribution in [-0.2, 0) is 36.9 Å². The highest BCUT2D eigenvalue weighted by Gasteiger charge is 2.52.